The van der Waals surface area contributed by atoms with E-state index < -0.39 is 5.97 Å². The standard InChI is InChI=1S/C19H20FN3O4/c1-23(11-17(24)21-14-9-7-13(20)8-10-14)12-18(25)22-16-6-4-3-5-15(16)19(26)27-2/h3-10H,11-12H2,1-2H3,(H,21,24)(H,22,25)/p+1. The van der Waals surface area contributed by atoms with Crippen LogP contribution in [0.5, 0.6) is 0 Å². The highest BCUT2D eigenvalue weighted by molar-refractivity contribution is 6.01. The van der Waals surface area contributed by atoms with Gasteiger partial charge in [0, 0.05) is 5.69 Å². The third-order valence-corrected chi connectivity index (χ3v) is 3.66. The molecule has 27 heavy (non-hydrogen) atoms. The largest absolute Gasteiger partial charge is 0.465 e. The summed E-state index contributed by atoms with van der Waals surface area (Å²) in [6, 6.07) is 11.9. The molecule has 1 unspecified atom stereocenters. The number of hydrogen-bond donors (Lipinski definition) is 3. The zero-order valence-corrected chi connectivity index (χ0v) is 15.0. The number of hydrogen-bond acceptors (Lipinski definition) is 4. The first-order valence-electron chi connectivity index (χ1n) is 8.23. The highest BCUT2D eigenvalue weighted by atomic mass is 19.1. The van der Waals surface area contributed by atoms with Gasteiger partial charge in [-0.05, 0) is 36.4 Å². The minimum atomic E-state index is -0.551. The van der Waals surface area contributed by atoms with Gasteiger partial charge >= 0.3 is 5.97 Å². The van der Waals surface area contributed by atoms with Crippen LogP contribution in [0.2, 0.25) is 0 Å². The smallest absolute Gasteiger partial charge is 0.339 e. The molecule has 0 radical (unpaired) electrons. The van der Waals surface area contributed by atoms with Crippen LogP contribution in [0.3, 0.4) is 0 Å². The molecule has 7 nitrogen and oxygen atoms in total. The number of benzene rings is 2. The van der Waals surface area contributed by atoms with Crippen molar-refractivity contribution in [3.8, 4) is 0 Å². The van der Waals surface area contributed by atoms with Crippen molar-refractivity contribution in [1.82, 2.24) is 0 Å². The average molecular weight is 374 g/mol. The number of halogens is 1. The van der Waals surface area contributed by atoms with Gasteiger partial charge in [0.15, 0.2) is 13.1 Å². The molecule has 2 aromatic carbocycles. The van der Waals surface area contributed by atoms with Gasteiger partial charge in [-0.15, -0.1) is 0 Å². The molecule has 1 atom stereocenters. The summed E-state index contributed by atoms with van der Waals surface area (Å²) in [5.41, 5.74) is 1.07. The highest BCUT2D eigenvalue weighted by Gasteiger charge is 2.17. The molecule has 0 heterocycles. The fourth-order valence-corrected chi connectivity index (χ4v) is 2.42. The minimum absolute atomic E-state index is 0.0202. The average Bonchev–Trinajstić information content (AvgIpc) is 2.63. The molecule has 2 amide bonds. The molecule has 0 saturated carbocycles. The number of carbonyl (C=O) groups excluding carboxylic acids is 3. The van der Waals surface area contributed by atoms with E-state index in [0.29, 0.717) is 16.3 Å². The zero-order chi connectivity index (χ0) is 19.8. The number of para-hydroxylation sites is 1. The van der Waals surface area contributed by atoms with Crippen molar-refractivity contribution in [1.29, 1.82) is 0 Å². The van der Waals surface area contributed by atoms with Crippen molar-refractivity contribution in [2.75, 3.05) is 37.9 Å². The Morgan fingerprint density at radius 1 is 0.963 bits per heavy atom. The minimum Gasteiger partial charge on any atom is -0.465 e. The number of rotatable bonds is 7. The molecule has 0 fully saturated rings. The Morgan fingerprint density at radius 2 is 1.56 bits per heavy atom. The molecule has 2 rings (SSSR count). The van der Waals surface area contributed by atoms with E-state index in [9.17, 15) is 18.8 Å². The summed E-state index contributed by atoms with van der Waals surface area (Å²) in [7, 11) is 2.95. The van der Waals surface area contributed by atoms with Crippen LogP contribution in [0.4, 0.5) is 15.8 Å². The Labute approximate surface area is 156 Å². The number of nitrogens with one attached hydrogen (secondary N) is 3. The molecule has 0 aliphatic rings. The van der Waals surface area contributed by atoms with E-state index in [0.717, 1.165) is 0 Å². The number of esters is 1. The molecule has 0 aliphatic carbocycles. The molecule has 0 bridgehead atoms. The molecule has 2 aromatic rings. The summed E-state index contributed by atoms with van der Waals surface area (Å²) in [4.78, 5) is 36.6. The van der Waals surface area contributed by atoms with Crippen molar-refractivity contribution in [3.63, 3.8) is 0 Å². The van der Waals surface area contributed by atoms with Gasteiger partial charge in [0.05, 0.1) is 25.4 Å². The maximum Gasteiger partial charge on any atom is 0.339 e. The van der Waals surface area contributed by atoms with Crippen LogP contribution in [0, 0.1) is 5.82 Å². The van der Waals surface area contributed by atoms with Gasteiger partial charge in [-0.2, -0.15) is 0 Å². The van der Waals surface area contributed by atoms with Crippen LogP contribution >= 0.6 is 0 Å². The predicted molar refractivity (Wildman–Crippen MR) is 98.1 cm³/mol. The molecule has 3 N–H and O–H groups in total. The van der Waals surface area contributed by atoms with Crippen molar-refractivity contribution in [3.05, 3.63) is 59.9 Å². The summed E-state index contributed by atoms with van der Waals surface area (Å²) in [5.74, 6) is -1.59. The summed E-state index contributed by atoms with van der Waals surface area (Å²) in [6.07, 6.45) is 0. The first-order valence-corrected chi connectivity index (χ1v) is 8.23. The SMILES string of the molecule is COC(=O)c1ccccc1NC(=O)C[NH+](C)CC(=O)Nc1ccc(F)cc1. The van der Waals surface area contributed by atoms with Gasteiger partial charge < -0.3 is 20.3 Å². The summed E-state index contributed by atoms with van der Waals surface area (Å²) in [6.45, 7) is 0.0653. The van der Waals surface area contributed by atoms with Crippen LogP contribution in [0.25, 0.3) is 0 Å². The third kappa shape index (κ3) is 6.19. The Hall–Kier alpha value is -3.26. The van der Waals surface area contributed by atoms with Crippen LogP contribution < -0.4 is 15.5 Å². The second kappa shape index (κ2) is 9.44. The lowest BCUT2D eigenvalue weighted by molar-refractivity contribution is -0.862. The second-order valence-electron chi connectivity index (χ2n) is 5.95. The van der Waals surface area contributed by atoms with Crippen LogP contribution in [0.1, 0.15) is 10.4 Å². The lowest BCUT2D eigenvalue weighted by Crippen LogP contribution is -3.11. The van der Waals surface area contributed by atoms with Crippen LogP contribution in [-0.2, 0) is 14.3 Å². The van der Waals surface area contributed by atoms with Gasteiger partial charge in [0.25, 0.3) is 11.8 Å². The maximum absolute atomic E-state index is 12.9. The number of likely N-dealkylation sites (N-methyl/N-ethyl adjacent to an activating group) is 1. The van der Waals surface area contributed by atoms with E-state index in [-0.39, 0.29) is 36.3 Å². The molecule has 0 spiro atoms. The first-order chi connectivity index (χ1) is 12.9. The van der Waals surface area contributed by atoms with E-state index >= 15 is 0 Å². The Kier molecular flexibility index (Phi) is 7.01. The first kappa shape index (κ1) is 20.1. The van der Waals surface area contributed by atoms with Crippen LogP contribution in [-0.4, -0.2) is 45.0 Å². The van der Waals surface area contributed by atoms with Gasteiger partial charge in [0.1, 0.15) is 5.82 Å². The van der Waals surface area contributed by atoms with Crippen LogP contribution in [0.15, 0.2) is 48.5 Å². The fourth-order valence-electron chi connectivity index (χ4n) is 2.42. The van der Waals surface area contributed by atoms with Crippen molar-refractivity contribution in [2.45, 2.75) is 0 Å². The van der Waals surface area contributed by atoms with E-state index in [2.05, 4.69) is 15.4 Å². The van der Waals surface area contributed by atoms with Gasteiger partial charge in [-0.1, -0.05) is 12.1 Å². The van der Waals surface area contributed by atoms with E-state index in [1.54, 1.807) is 31.3 Å². The van der Waals surface area contributed by atoms with Gasteiger partial charge in [-0.25, -0.2) is 9.18 Å². The molecular formula is C19H21FN3O4+. The number of carbonyl (C=O) groups is 3. The zero-order valence-electron chi connectivity index (χ0n) is 15.0. The van der Waals surface area contributed by atoms with Gasteiger partial charge in [0.2, 0.25) is 0 Å². The summed E-state index contributed by atoms with van der Waals surface area (Å²) >= 11 is 0. The Bertz CT molecular complexity index is 824. The second-order valence-corrected chi connectivity index (χ2v) is 5.95. The normalized spacial score (nSPS) is 11.4. The van der Waals surface area contributed by atoms with Gasteiger partial charge in [-0.3, -0.25) is 9.59 Å². The third-order valence-electron chi connectivity index (χ3n) is 3.66. The van der Waals surface area contributed by atoms with Crippen molar-refractivity contribution < 1.29 is 28.4 Å². The maximum atomic E-state index is 12.9. The number of ether oxygens (including phenoxy) is 1. The molecule has 142 valence electrons. The van der Waals surface area contributed by atoms with E-state index in [1.807, 2.05) is 0 Å². The highest BCUT2D eigenvalue weighted by Crippen LogP contribution is 2.15. The number of anilines is 2. The fraction of sp³-hybridized carbons (Fsp3) is 0.211. The lowest BCUT2D eigenvalue weighted by atomic mass is 10.2. The number of quaternary nitrogens is 1. The molecule has 8 heteroatoms. The van der Waals surface area contributed by atoms with Crippen molar-refractivity contribution >= 4 is 29.2 Å². The molecule has 0 aromatic heterocycles. The quantitative estimate of drug-likeness (QED) is 0.623. The predicted octanol–water partition coefficient (Wildman–Crippen LogP) is 0.704. The Balaban J connectivity index is 1.87. The Morgan fingerprint density at radius 3 is 2.19 bits per heavy atom. The van der Waals surface area contributed by atoms with E-state index in [1.165, 1.54) is 31.4 Å². The molecular weight excluding hydrogens is 353 g/mol. The molecule has 0 aliphatic heterocycles. The van der Waals surface area contributed by atoms with Crippen molar-refractivity contribution in [2.24, 2.45) is 0 Å². The lowest BCUT2D eigenvalue weighted by Gasteiger charge is -2.14. The topological polar surface area (TPSA) is 88.9 Å². The molecule has 0 saturated heterocycles. The van der Waals surface area contributed by atoms with E-state index in [4.69, 9.17) is 0 Å². The number of amides is 2. The summed E-state index contributed by atoms with van der Waals surface area (Å²) < 4.78 is 17.6. The number of methoxy groups -OCH3 is 1. The summed E-state index contributed by atoms with van der Waals surface area (Å²) in [5, 5.41) is 5.29. The monoisotopic (exact) mass is 374 g/mol.